The number of benzene rings is 1. The van der Waals surface area contributed by atoms with Gasteiger partial charge in [0.1, 0.15) is 5.82 Å². The Balaban J connectivity index is 1.54. The van der Waals surface area contributed by atoms with Gasteiger partial charge in [0.05, 0.1) is 16.5 Å². The minimum Gasteiger partial charge on any atom is -0.420 e. The van der Waals surface area contributed by atoms with Crippen molar-refractivity contribution in [2.75, 3.05) is 18.0 Å². The van der Waals surface area contributed by atoms with Crippen molar-refractivity contribution in [3.63, 3.8) is 0 Å². The number of aromatic nitrogens is 4. The minimum absolute atomic E-state index is 0.0130. The molecule has 3 heterocycles. The van der Waals surface area contributed by atoms with Gasteiger partial charge in [-0.3, -0.25) is 15.1 Å². The molecule has 4 rings (SSSR count). The molecule has 1 saturated heterocycles. The van der Waals surface area contributed by atoms with Crippen molar-refractivity contribution in [1.82, 2.24) is 20.2 Å². The molecule has 3 aromatic rings. The molecule has 0 N–H and O–H groups in total. The molecular formula is C16H14N6O3. The second-order valence-corrected chi connectivity index (χ2v) is 6.20. The third-order valence-corrected chi connectivity index (χ3v) is 4.20. The molecule has 2 aromatic heterocycles. The highest BCUT2D eigenvalue weighted by atomic mass is 16.6. The summed E-state index contributed by atoms with van der Waals surface area (Å²) >= 11 is 0. The summed E-state index contributed by atoms with van der Waals surface area (Å²) < 4.78 is 5.79. The number of hydrogen-bond acceptors (Lipinski definition) is 8. The monoisotopic (exact) mass is 338 g/mol. The van der Waals surface area contributed by atoms with Crippen LogP contribution in [-0.4, -0.2) is 38.2 Å². The van der Waals surface area contributed by atoms with Crippen LogP contribution in [-0.2, 0) is 5.41 Å². The number of anilines is 1. The maximum atomic E-state index is 10.9. The molecule has 0 unspecified atom stereocenters. The highest BCUT2D eigenvalue weighted by Gasteiger charge is 2.45. The fraction of sp³-hybridized carbons (Fsp3) is 0.250. The third-order valence-electron chi connectivity index (χ3n) is 4.20. The molecule has 1 fully saturated rings. The van der Waals surface area contributed by atoms with Crippen LogP contribution in [0, 0.1) is 10.1 Å². The zero-order chi connectivity index (χ0) is 17.4. The predicted molar refractivity (Wildman–Crippen MR) is 88.0 cm³/mol. The molecule has 1 aliphatic rings. The first-order valence-electron chi connectivity index (χ1n) is 7.65. The van der Waals surface area contributed by atoms with Gasteiger partial charge in [-0.1, -0.05) is 6.07 Å². The first-order chi connectivity index (χ1) is 12.0. The average molecular weight is 338 g/mol. The van der Waals surface area contributed by atoms with Crippen molar-refractivity contribution in [2.24, 2.45) is 0 Å². The Labute approximate surface area is 142 Å². The van der Waals surface area contributed by atoms with Crippen molar-refractivity contribution in [1.29, 1.82) is 0 Å². The number of nitrogens with zero attached hydrogens (tertiary/aromatic N) is 6. The van der Waals surface area contributed by atoms with Gasteiger partial charge in [-0.2, -0.15) is 0 Å². The summed E-state index contributed by atoms with van der Waals surface area (Å²) in [6.45, 7) is 3.40. The smallest absolute Gasteiger partial charge is 0.270 e. The molecule has 9 heteroatoms. The number of rotatable bonds is 4. The summed E-state index contributed by atoms with van der Waals surface area (Å²) in [5.74, 6) is 1.59. The zero-order valence-electron chi connectivity index (χ0n) is 13.4. The van der Waals surface area contributed by atoms with Crippen molar-refractivity contribution in [3.05, 3.63) is 58.9 Å². The lowest BCUT2D eigenvalue weighted by atomic mass is 9.82. The van der Waals surface area contributed by atoms with E-state index in [1.807, 2.05) is 6.92 Å². The first kappa shape index (κ1) is 15.2. The van der Waals surface area contributed by atoms with Gasteiger partial charge >= 0.3 is 0 Å². The molecule has 1 aliphatic heterocycles. The van der Waals surface area contributed by atoms with Gasteiger partial charge in [-0.05, 0) is 13.0 Å². The summed E-state index contributed by atoms with van der Waals surface area (Å²) in [7, 11) is 0. The lowest BCUT2D eigenvalue weighted by Crippen LogP contribution is -2.58. The minimum atomic E-state index is -0.452. The maximum absolute atomic E-state index is 10.9. The molecule has 126 valence electrons. The second-order valence-electron chi connectivity index (χ2n) is 6.20. The van der Waals surface area contributed by atoms with Gasteiger partial charge in [0.25, 0.3) is 5.69 Å². The van der Waals surface area contributed by atoms with Gasteiger partial charge in [0.15, 0.2) is 0 Å². The van der Waals surface area contributed by atoms with E-state index in [4.69, 9.17) is 4.42 Å². The number of nitro benzene ring substituents is 1. The zero-order valence-corrected chi connectivity index (χ0v) is 13.4. The van der Waals surface area contributed by atoms with E-state index >= 15 is 0 Å². The Morgan fingerprint density at radius 1 is 1.28 bits per heavy atom. The van der Waals surface area contributed by atoms with Crippen LogP contribution < -0.4 is 4.90 Å². The third kappa shape index (κ3) is 2.69. The predicted octanol–water partition coefficient (Wildman–Crippen LogP) is 2.21. The Morgan fingerprint density at radius 3 is 2.84 bits per heavy atom. The maximum Gasteiger partial charge on any atom is 0.270 e. The standard InChI is InChI=1S/C16H14N6O3/c1-16(9-21(10-16)13-8-17-5-6-18-13)15-20-19-14(25-15)11-3-2-4-12(7-11)22(23)24/h2-8H,9-10H2,1H3. The van der Waals surface area contributed by atoms with Crippen LogP contribution in [0.1, 0.15) is 12.8 Å². The van der Waals surface area contributed by atoms with Crippen LogP contribution in [0.5, 0.6) is 0 Å². The van der Waals surface area contributed by atoms with E-state index in [1.165, 1.54) is 12.1 Å². The highest BCUT2D eigenvalue weighted by Crippen LogP contribution is 2.36. The van der Waals surface area contributed by atoms with Crippen molar-refractivity contribution >= 4 is 11.5 Å². The molecule has 9 nitrogen and oxygen atoms in total. The number of non-ortho nitro benzene ring substituents is 1. The van der Waals surface area contributed by atoms with E-state index in [1.54, 1.807) is 30.7 Å². The van der Waals surface area contributed by atoms with E-state index in [2.05, 4.69) is 25.1 Å². The molecule has 0 aliphatic carbocycles. The Kier molecular flexibility index (Phi) is 3.41. The fourth-order valence-corrected chi connectivity index (χ4v) is 2.88. The van der Waals surface area contributed by atoms with Crippen LogP contribution >= 0.6 is 0 Å². The van der Waals surface area contributed by atoms with Gasteiger partial charge < -0.3 is 9.32 Å². The van der Waals surface area contributed by atoms with Gasteiger partial charge in [0.2, 0.25) is 11.8 Å². The van der Waals surface area contributed by atoms with Crippen LogP contribution in [0.3, 0.4) is 0 Å². The van der Waals surface area contributed by atoms with E-state index in [-0.39, 0.29) is 17.0 Å². The SMILES string of the molecule is CC1(c2nnc(-c3cccc([N+](=O)[O-])c3)o2)CN(c2cnccn2)C1. The van der Waals surface area contributed by atoms with Crippen molar-refractivity contribution in [2.45, 2.75) is 12.3 Å². The molecular weight excluding hydrogens is 324 g/mol. The van der Waals surface area contributed by atoms with E-state index in [9.17, 15) is 10.1 Å². The van der Waals surface area contributed by atoms with Crippen LogP contribution in [0.15, 0.2) is 47.3 Å². The highest BCUT2D eigenvalue weighted by molar-refractivity contribution is 5.57. The normalized spacial score (nSPS) is 15.6. The quantitative estimate of drug-likeness (QED) is 0.526. The molecule has 1 aromatic carbocycles. The number of hydrogen-bond donors (Lipinski definition) is 0. The lowest BCUT2D eigenvalue weighted by Gasteiger charge is -2.46. The fourth-order valence-electron chi connectivity index (χ4n) is 2.88. The summed E-state index contributed by atoms with van der Waals surface area (Å²) in [6.07, 6.45) is 4.99. The summed E-state index contributed by atoms with van der Waals surface area (Å²) in [5.41, 5.74) is 0.228. The van der Waals surface area contributed by atoms with Gasteiger partial charge in [0, 0.05) is 43.2 Å². The number of nitro groups is 1. The lowest BCUT2D eigenvalue weighted by molar-refractivity contribution is -0.384. The summed E-state index contributed by atoms with van der Waals surface area (Å²) in [5, 5.41) is 19.1. The van der Waals surface area contributed by atoms with E-state index < -0.39 is 4.92 Å². The molecule has 0 bridgehead atoms. The first-order valence-corrected chi connectivity index (χ1v) is 7.65. The summed E-state index contributed by atoms with van der Waals surface area (Å²) in [6, 6.07) is 6.15. The molecule has 0 saturated carbocycles. The second kappa shape index (κ2) is 5.62. The largest absolute Gasteiger partial charge is 0.420 e. The Hall–Kier alpha value is -3.36. The van der Waals surface area contributed by atoms with Crippen molar-refractivity contribution in [3.8, 4) is 11.5 Å². The Morgan fingerprint density at radius 2 is 2.12 bits per heavy atom. The summed E-state index contributed by atoms with van der Waals surface area (Å²) in [4.78, 5) is 20.9. The Bertz CT molecular complexity index is 920. The van der Waals surface area contributed by atoms with Crippen LogP contribution in [0.25, 0.3) is 11.5 Å². The molecule has 0 amide bonds. The van der Waals surface area contributed by atoms with Crippen molar-refractivity contribution < 1.29 is 9.34 Å². The molecule has 25 heavy (non-hydrogen) atoms. The molecule has 0 atom stereocenters. The topological polar surface area (TPSA) is 111 Å². The van der Waals surface area contributed by atoms with E-state index in [0.29, 0.717) is 24.5 Å². The van der Waals surface area contributed by atoms with Crippen LogP contribution in [0.4, 0.5) is 11.5 Å². The molecule has 0 radical (unpaired) electrons. The van der Waals surface area contributed by atoms with Gasteiger partial charge in [-0.25, -0.2) is 4.98 Å². The van der Waals surface area contributed by atoms with Crippen LogP contribution in [0.2, 0.25) is 0 Å². The van der Waals surface area contributed by atoms with Gasteiger partial charge in [-0.15, -0.1) is 10.2 Å². The molecule has 0 spiro atoms. The van der Waals surface area contributed by atoms with E-state index in [0.717, 1.165) is 5.82 Å². The average Bonchev–Trinajstić information content (AvgIpc) is 3.10.